The number of benzene rings is 1. The van der Waals surface area contributed by atoms with Crippen LogP contribution in [0.1, 0.15) is 43.0 Å². The predicted molar refractivity (Wildman–Crippen MR) is 75.8 cm³/mol. The van der Waals surface area contributed by atoms with Crippen molar-refractivity contribution < 1.29 is 9.53 Å². The molecule has 18 heavy (non-hydrogen) atoms. The molecule has 1 aromatic rings. The van der Waals surface area contributed by atoms with E-state index >= 15 is 0 Å². The molecule has 0 saturated heterocycles. The topological polar surface area (TPSA) is 26.3 Å². The van der Waals surface area contributed by atoms with Gasteiger partial charge in [-0.3, -0.25) is 4.79 Å². The Morgan fingerprint density at radius 1 is 1.28 bits per heavy atom. The highest BCUT2D eigenvalue weighted by atomic mass is 79.9. The van der Waals surface area contributed by atoms with Crippen molar-refractivity contribution in [1.82, 2.24) is 0 Å². The monoisotopic (exact) mass is 310 g/mol. The summed E-state index contributed by atoms with van der Waals surface area (Å²) in [7, 11) is 0. The molecule has 1 saturated carbocycles. The van der Waals surface area contributed by atoms with Gasteiger partial charge in [0.05, 0.1) is 6.10 Å². The molecule has 1 aliphatic carbocycles. The van der Waals surface area contributed by atoms with Crippen LogP contribution < -0.4 is 0 Å². The molecule has 0 aromatic heterocycles. The van der Waals surface area contributed by atoms with E-state index in [1.54, 1.807) is 0 Å². The molecule has 1 fully saturated rings. The van der Waals surface area contributed by atoms with Crippen LogP contribution in [0.25, 0.3) is 0 Å². The third-order valence-corrected chi connectivity index (χ3v) is 4.28. The fraction of sp³-hybridized carbons (Fsp3) is 0.533. The molecule has 0 aliphatic heterocycles. The summed E-state index contributed by atoms with van der Waals surface area (Å²) in [4.78, 5) is 12.0. The van der Waals surface area contributed by atoms with Crippen molar-refractivity contribution in [3.63, 3.8) is 0 Å². The zero-order valence-corrected chi connectivity index (χ0v) is 12.3. The summed E-state index contributed by atoms with van der Waals surface area (Å²) in [6.45, 7) is 2.48. The lowest BCUT2D eigenvalue weighted by Gasteiger charge is -2.26. The second-order valence-electron chi connectivity index (χ2n) is 5.10. The third-order valence-electron chi connectivity index (χ3n) is 3.59. The second kappa shape index (κ2) is 6.48. The van der Waals surface area contributed by atoms with Crippen LogP contribution in [0.3, 0.4) is 0 Å². The number of Topliss-reactive ketones (excluding diaryl/α,β-unsaturated/α-hetero) is 1. The van der Waals surface area contributed by atoms with Crippen LogP contribution in [0.2, 0.25) is 0 Å². The standard InChI is InChI=1S/C15H19BrO2/c1-11-6-8-12(9-7-11)18-10-15(17)13-4-2-3-5-14(13)16/h2-5,11-12H,6-10H2,1H3. The first-order valence-electron chi connectivity index (χ1n) is 6.56. The van der Waals surface area contributed by atoms with Gasteiger partial charge in [0.15, 0.2) is 5.78 Å². The van der Waals surface area contributed by atoms with E-state index in [0.717, 1.165) is 23.2 Å². The minimum Gasteiger partial charge on any atom is -0.370 e. The summed E-state index contributed by atoms with van der Waals surface area (Å²) in [5.41, 5.74) is 0.710. The largest absolute Gasteiger partial charge is 0.370 e. The van der Waals surface area contributed by atoms with E-state index in [-0.39, 0.29) is 18.5 Å². The van der Waals surface area contributed by atoms with Gasteiger partial charge in [-0.05, 0) is 37.7 Å². The van der Waals surface area contributed by atoms with E-state index in [1.807, 2.05) is 24.3 Å². The summed E-state index contributed by atoms with van der Waals surface area (Å²) in [6, 6.07) is 7.50. The highest BCUT2D eigenvalue weighted by molar-refractivity contribution is 9.10. The van der Waals surface area contributed by atoms with Gasteiger partial charge < -0.3 is 4.74 Å². The van der Waals surface area contributed by atoms with Crippen molar-refractivity contribution in [2.24, 2.45) is 5.92 Å². The molecular formula is C15H19BrO2. The molecule has 98 valence electrons. The van der Waals surface area contributed by atoms with E-state index in [4.69, 9.17) is 4.74 Å². The molecule has 1 aromatic carbocycles. The molecule has 1 aliphatic rings. The molecule has 0 atom stereocenters. The maximum Gasteiger partial charge on any atom is 0.189 e. The molecule has 0 N–H and O–H groups in total. The Balaban J connectivity index is 1.84. The van der Waals surface area contributed by atoms with Gasteiger partial charge >= 0.3 is 0 Å². The van der Waals surface area contributed by atoms with Gasteiger partial charge in [-0.15, -0.1) is 0 Å². The number of rotatable bonds is 4. The number of halogens is 1. The van der Waals surface area contributed by atoms with Crippen molar-refractivity contribution in [3.8, 4) is 0 Å². The van der Waals surface area contributed by atoms with Crippen LogP contribution >= 0.6 is 15.9 Å². The number of carbonyl (C=O) groups excluding carboxylic acids is 1. The molecule has 0 heterocycles. The number of ether oxygens (including phenoxy) is 1. The lowest BCUT2D eigenvalue weighted by molar-refractivity contribution is 0.0217. The first-order chi connectivity index (χ1) is 8.66. The fourth-order valence-electron chi connectivity index (χ4n) is 2.35. The van der Waals surface area contributed by atoms with Gasteiger partial charge in [-0.25, -0.2) is 0 Å². The van der Waals surface area contributed by atoms with E-state index in [2.05, 4.69) is 22.9 Å². The van der Waals surface area contributed by atoms with Crippen LogP contribution in [0, 0.1) is 5.92 Å². The lowest BCUT2D eigenvalue weighted by atomic mass is 9.89. The van der Waals surface area contributed by atoms with Gasteiger partial charge in [-0.2, -0.15) is 0 Å². The highest BCUT2D eigenvalue weighted by Crippen LogP contribution is 2.25. The molecule has 2 nitrogen and oxygen atoms in total. The van der Waals surface area contributed by atoms with E-state index in [9.17, 15) is 4.79 Å². The van der Waals surface area contributed by atoms with Crippen molar-refractivity contribution in [1.29, 1.82) is 0 Å². The smallest absolute Gasteiger partial charge is 0.189 e. The normalized spacial score (nSPS) is 23.9. The lowest BCUT2D eigenvalue weighted by Crippen LogP contribution is -2.23. The van der Waals surface area contributed by atoms with Crippen LogP contribution in [-0.2, 0) is 4.74 Å². The highest BCUT2D eigenvalue weighted by Gasteiger charge is 2.20. The Hall–Kier alpha value is -0.670. The van der Waals surface area contributed by atoms with Crippen molar-refractivity contribution >= 4 is 21.7 Å². The Bertz CT molecular complexity index is 409. The van der Waals surface area contributed by atoms with Gasteiger partial charge in [0.25, 0.3) is 0 Å². The summed E-state index contributed by atoms with van der Waals surface area (Å²) >= 11 is 3.39. The predicted octanol–water partition coefficient (Wildman–Crippen LogP) is 4.23. The van der Waals surface area contributed by atoms with E-state index in [1.165, 1.54) is 12.8 Å². The molecule has 0 radical (unpaired) electrons. The number of hydrogen-bond donors (Lipinski definition) is 0. The summed E-state index contributed by atoms with van der Waals surface area (Å²) in [6.07, 6.45) is 4.88. The molecular weight excluding hydrogens is 292 g/mol. The molecule has 0 amide bonds. The maximum absolute atomic E-state index is 12.0. The van der Waals surface area contributed by atoms with Crippen molar-refractivity contribution in [3.05, 3.63) is 34.3 Å². The molecule has 0 spiro atoms. The Morgan fingerprint density at radius 3 is 2.61 bits per heavy atom. The minimum absolute atomic E-state index is 0.0566. The van der Waals surface area contributed by atoms with Gasteiger partial charge in [-0.1, -0.05) is 41.1 Å². The molecule has 0 bridgehead atoms. The van der Waals surface area contributed by atoms with Crippen molar-refractivity contribution in [2.45, 2.75) is 38.7 Å². The van der Waals surface area contributed by atoms with Crippen LogP contribution in [0.5, 0.6) is 0 Å². The number of hydrogen-bond acceptors (Lipinski definition) is 2. The van der Waals surface area contributed by atoms with Crippen LogP contribution in [0.15, 0.2) is 28.7 Å². The molecule has 3 heteroatoms. The van der Waals surface area contributed by atoms with Gasteiger partial charge in [0.1, 0.15) is 6.61 Å². The third kappa shape index (κ3) is 3.66. The summed E-state index contributed by atoms with van der Waals surface area (Å²) in [5.74, 6) is 0.866. The van der Waals surface area contributed by atoms with Crippen LogP contribution in [-0.4, -0.2) is 18.5 Å². The zero-order chi connectivity index (χ0) is 13.0. The zero-order valence-electron chi connectivity index (χ0n) is 10.7. The van der Waals surface area contributed by atoms with Gasteiger partial charge in [0, 0.05) is 10.0 Å². The Kier molecular flexibility index (Phi) is 4.95. The van der Waals surface area contributed by atoms with Gasteiger partial charge in [0.2, 0.25) is 0 Å². The van der Waals surface area contributed by atoms with Crippen molar-refractivity contribution in [2.75, 3.05) is 6.61 Å². The van der Waals surface area contributed by atoms with E-state index < -0.39 is 0 Å². The molecule has 0 unspecified atom stereocenters. The summed E-state index contributed by atoms with van der Waals surface area (Å²) in [5, 5.41) is 0. The quantitative estimate of drug-likeness (QED) is 0.778. The first-order valence-corrected chi connectivity index (χ1v) is 7.35. The summed E-state index contributed by atoms with van der Waals surface area (Å²) < 4.78 is 6.58. The van der Waals surface area contributed by atoms with Crippen LogP contribution in [0.4, 0.5) is 0 Å². The SMILES string of the molecule is CC1CCC(OCC(=O)c2ccccc2Br)CC1. The average molecular weight is 311 g/mol. The number of ketones is 1. The van der Waals surface area contributed by atoms with E-state index in [0.29, 0.717) is 5.56 Å². The fourth-order valence-corrected chi connectivity index (χ4v) is 2.86. The second-order valence-corrected chi connectivity index (χ2v) is 5.95. The minimum atomic E-state index is 0.0566. The first kappa shape index (κ1) is 13.8. The Labute approximate surface area is 117 Å². The molecule has 2 rings (SSSR count). The number of carbonyl (C=O) groups is 1. The Morgan fingerprint density at radius 2 is 1.94 bits per heavy atom. The average Bonchev–Trinajstić information content (AvgIpc) is 2.38. The maximum atomic E-state index is 12.0.